The first kappa shape index (κ1) is 14.6. The van der Waals surface area contributed by atoms with Crippen molar-refractivity contribution in [3.63, 3.8) is 0 Å². The molecule has 0 fully saturated rings. The summed E-state index contributed by atoms with van der Waals surface area (Å²) in [6, 6.07) is 7.30. The standard InChI is InChI=1S/C13H20O2S2/c1-3-9-17(14,15)13-6-4-5-12(10-13)11(2)7-8-16/h4-6,10-11,16H,3,7-9H2,1-2H3. The number of thiol groups is 1. The molecule has 1 atom stereocenters. The lowest BCUT2D eigenvalue weighted by Gasteiger charge is -2.12. The van der Waals surface area contributed by atoms with Crippen molar-refractivity contribution < 1.29 is 8.42 Å². The summed E-state index contributed by atoms with van der Waals surface area (Å²) < 4.78 is 23.9. The molecule has 0 aromatic heterocycles. The zero-order valence-electron chi connectivity index (χ0n) is 10.4. The van der Waals surface area contributed by atoms with E-state index in [9.17, 15) is 8.42 Å². The second-order valence-electron chi connectivity index (χ2n) is 4.30. The lowest BCUT2D eigenvalue weighted by molar-refractivity contribution is 0.594. The Morgan fingerprint density at radius 3 is 2.65 bits per heavy atom. The quantitative estimate of drug-likeness (QED) is 0.806. The van der Waals surface area contributed by atoms with Gasteiger partial charge >= 0.3 is 0 Å². The Morgan fingerprint density at radius 2 is 2.06 bits per heavy atom. The molecule has 4 heteroatoms. The molecule has 0 saturated carbocycles. The zero-order chi connectivity index (χ0) is 12.9. The highest BCUT2D eigenvalue weighted by atomic mass is 32.2. The van der Waals surface area contributed by atoms with Crippen molar-refractivity contribution >= 4 is 22.5 Å². The molecule has 0 heterocycles. The number of hydrogen-bond donors (Lipinski definition) is 1. The molecule has 0 amide bonds. The second-order valence-corrected chi connectivity index (χ2v) is 6.86. The molecule has 0 aliphatic carbocycles. The Balaban J connectivity index is 3.01. The van der Waals surface area contributed by atoms with Gasteiger partial charge < -0.3 is 0 Å². The smallest absolute Gasteiger partial charge is 0.178 e. The molecule has 1 unspecified atom stereocenters. The fourth-order valence-electron chi connectivity index (χ4n) is 1.76. The molecule has 0 aliphatic heterocycles. The molecular formula is C13H20O2S2. The van der Waals surface area contributed by atoms with E-state index in [1.54, 1.807) is 12.1 Å². The van der Waals surface area contributed by atoms with Gasteiger partial charge in [-0.3, -0.25) is 0 Å². The summed E-state index contributed by atoms with van der Waals surface area (Å²) in [5.74, 6) is 1.38. The van der Waals surface area contributed by atoms with Crippen LogP contribution in [0.3, 0.4) is 0 Å². The van der Waals surface area contributed by atoms with Crippen LogP contribution in [0.15, 0.2) is 29.2 Å². The average molecular weight is 272 g/mol. The van der Waals surface area contributed by atoms with Gasteiger partial charge in [-0.1, -0.05) is 26.0 Å². The van der Waals surface area contributed by atoms with Gasteiger partial charge in [0.05, 0.1) is 10.6 Å². The number of benzene rings is 1. The molecule has 0 spiro atoms. The summed E-state index contributed by atoms with van der Waals surface area (Å²) in [4.78, 5) is 0.447. The SMILES string of the molecule is CCCS(=O)(=O)c1cccc(C(C)CCS)c1. The minimum Gasteiger partial charge on any atom is -0.224 e. The van der Waals surface area contributed by atoms with Crippen LogP contribution in [0.5, 0.6) is 0 Å². The molecule has 0 bridgehead atoms. The van der Waals surface area contributed by atoms with Crippen LogP contribution in [0.2, 0.25) is 0 Å². The maximum absolute atomic E-state index is 11.9. The first-order valence-corrected chi connectivity index (χ1v) is 8.23. The van der Waals surface area contributed by atoms with Crippen LogP contribution in [-0.4, -0.2) is 19.9 Å². The van der Waals surface area contributed by atoms with Crippen LogP contribution in [-0.2, 0) is 9.84 Å². The van der Waals surface area contributed by atoms with Gasteiger partial charge in [0.15, 0.2) is 9.84 Å². The fraction of sp³-hybridized carbons (Fsp3) is 0.538. The van der Waals surface area contributed by atoms with Crippen molar-refractivity contribution in [2.45, 2.75) is 37.5 Å². The maximum Gasteiger partial charge on any atom is 0.178 e. The average Bonchev–Trinajstić information content (AvgIpc) is 2.29. The summed E-state index contributed by atoms with van der Waals surface area (Å²) in [6.45, 7) is 3.98. The number of hydrogen-bond acceptors (Lipinski definition) is 3. The molecule has 1 aromatic rings. The Hall–Kier alpha value is -0.480. The Kier molecular flexibility index (Phi) is 5.53. The number of rotatable bonds is 6. The van der Waals surface area contributed by atoms with Crippen molar-refractivity contribution in [1.29, 1.82) is 0 Å². The monoisotopic (exact) mass is 272 g/mol. The van der Waals surface area contributed by atoms with E-state index < -0.39 is 9.84 Å². The van der Waals surface area contributed by atoms with Gasteiger partial charge in [0, 0.05) is 0 Å². The number of sulfone groups is 1. The van der Waals surface area contributed by atoms with Gasteiger partial charge in [-0.25, -0.2) is 8.42 Å². The molecule has 0 radical (unpaired) electrons. The third-order valence-electron chi connectivity index (χ3n) is 2.82. The van der Waals surface area contributed by atoms with E-state index in [-0.39, 0.29) is 5.75 Å². The van der Waals surface area contributed by atoms with Crippen molar-refractivity contribution in [3.8, 4) is 0 Å². The van der Waals surface area contributed by atoms with E-state index in [1.807, 2.05) is 19.1 Å². The van der Waals surface area contributed by atoms with E-state index in [1.165, 1.54) is 0 Å². The second kappa shape index (κ2) is 6.45. The molecule has 1 rings (SSSR count). The van der Waals surface area contributed by atoms with Crippen LogP contribution < -0.4 is 0 Å². The van der Waals surface area contributed by atoms with Crippen LogP contribution in [0.25, 0.3) is 0 Å². The predicted molar refractivity (Wildman–Crippen MR) is 75.7 cm³/mol. The Labute approximate surface area is 110 Å². The molecule has 2 nitrogen and oxygen atoms in total. The van der Waals surface area contributed by atoms with Gasteiger partial charge in [0.2, 0.25) is 0 Å². The zero-order valence-corrected chi connectivity index (χ0v) is 12.1. The summed E-state index contributed by atoms with van der Waals surface area (Å²) in [5, 5.41) is 0. The fourth-order valence-corrected chi connectivity index (χ4v) is 3.52. The highest BCUT2D eigenvalue weighted by molar-refractivity contribution is 7.91. The lowest BCUT2D eigenvalue weighted by atomic mass is 9.99. The summed E-state index contributed by atoms with van der Waals surface area (Å²) in [6.07, 6.45) is 1.61. The van der Waals surface area contributed by atoms with Crippen molar-refractivity contribution in [3.05, 3.63) is 29.8 Å². The normalized spacial score (nSPS) is 13.6. The molecule has 17 heavy (non-hydrogen) atoms. The first-order valence-electron chi connectivity index (χ1n) is 5.95. The van der Waals surface area contributed by atoms with E-state index in [0.717, 1.165) is 17.7 Å². The van der Waals surface area contributed by atoms with E-state index >= 15 is 0 Å². The molecule has 0 N–H and O–H groups in total. The summed E-state index contributed by atoms with van der Waals surface area (Å²) in [7, 11) is -3.10. The lowest BCUT2D eigenvalue weighted by Crippen LogP contribution is -2.07. The predicted octanol–water partition coefficient (Wildman–Crippen LogP) is 3.29. The molecule has 0 aliphatic rings. The van der Waals surface area contributed by atoms with Gasteiger partial charge in [-0.05, 0) is 42.2 Å². The molecule has 96 valence electrons. The van der Waals surface area contributed by atoms with Gasteiger partial charge in [0.1, 0.15) is 0 Å². The summed E-state index contributed by atoms with van der Waals surface area (Å²) >= 11 is 4.21. The van der Waals surface area contributed by atoms with Crippen LogP contribution in [0.1, 0.15) is 38.2 Å². The first-order chi connectivity index (χ1) is 8.01. The van der Waals surface area contributed by atoms with E-state index in [2.05, 4.69) is 19.6 Å². The topological polar surface area (TPSA) is 34.1 Å². The van der Waals surface area contributed by atoms with E-state index in [4.69, 9.17) is 0 Å². The highest BCUT2D eigenvalue weighted by Gasteiger charge is 2.14. The highest BCUT2D eigenvalue weighted by Crippen LogP contribution is 2.23. The minimum atomic E-state index is -3.10. The van der Waals surface area contributed by atoms with Crippen LogP contribution in [0, 0.1) is 0 Å². The molecule has 1 aromatic carbocycles. The van der Waals surface area contributed by atoms with Crippen molar-refractivity contribution in [2.24, 2.45) is 0 Å². The third kappa shape index (κ3) is 4.03. The molecular weight excluding hydrogens is 252 g/mol. The Morgan fingerprint density at radius 1 is 1.35 bits per heavy atom. The van der Waals surface area contributed by atoms with Crippen LogP contribution in [0.4, 0.5) is 0 Å². The Bertz CT molecular complexity index is 452. The van der Waals surface area contributed by atoms with Crippen molar-refractivity contribution in [2.75, 3.05) is 11.5 Å². The minimum absolute atomic E-state index is 0.220. The largest absolute Gasteiger partial charge is 0.224 e. The molecule has 0 saturated heterocycles. The third-order valence-corrected chi connectivity index (χ3v) is 5.00. The van der Waals surface area contributed by atoms with Crippen molar-refractivity contribution in [1.82, 2.24) is 0 Å². The maximum atomic E-state index is 11.9. The summed E-state index contributed by atoms with van der Waals surface area (Å²) in [5.41, 5.74) is 1.08. The van der Waals surface area contributed by atoms with Gasteiger partial charge in [0.25, 0.3) is 0 Å². The van der Waals surface area contributed by atoms with Gasteiger partial charge in [-0.2, -0.15) is 12.6 Å². The van der Waals surface area contributed by atoms with Gasteiger partial charge in [-0.15, -0.1) is 0 Å². The van der Waals surface area contributed by atoms with Crippen LogP contribution >= 0.6 is 12.6 Å². The van der Waals surface area contributed by atoms with E-state index in [0.29, 0.717) is 17.2 Å².